The highest BCUT2D eigenvalue weighted by molar-refractivity contribution is 6.02. The van der Waals surface area contributed by atoms with Crippen molar-refractivity contribution in [2.75, 3.05) is 17.4 Å². The van der Waals surface area contributed by atoms with E-state index in [1.54, 1.807) is 17.8 Å². The molecule has 1 aliphatic heterocycles. The average Bonchev–Trinajstić information content (AvgIpc) is 3.45. The van der Waals surface area contributed by atoms with Gasteiger partial charge in [0.15, 0.2) is 11.6 Å². The summed E-state index contributed by atoms with van der Waals surface area (Å²) in [5.41, 5.74) is 5.66. The van der Waals surface area contributed by atoms with E-state index in [0.29, 0.717) is 28.6 Å². The predicted octanol–water partition coefficient (Wildman–Crippen LogP) is 3.66. The van der Waals surface area contributed by atoms with Crippen LogP contribution in [0.15, 0.2) is 58.1 Å². The minimum Gasteiger partial charge on any atom is -0.434 e. The molecule has 13 heteroatoms. The molecule has 0 spiro atoms. The van der Waals surface area contributed by atoms with E-state index >= 15 is 0 Å². The van der Waals surface area contributed by atoms with Gasteiger partial charge >= 0.3 is 6.03 Å². The normalized spacial score (nSPS) is 12.3. The highest BCUT2D eigenvalue weighted by Crippen LogP contribution is 2.29. The van der Waals surface area contributed by atoms with Gasteiger partial charge in [0.2, 0.25) is 23.6 Å². The molecular weight excluding hydrogens is 500 g/mol. The van der Waals surface area contributed by atoms with E-state index in [1.165, 1.54) is 36.4 Å². The van der Waals surface area contributed by atoms with Crippen molar-refractivity contribution in [3.63, 3.8) is 0 Å². The number of aliphatic imine (C=N–C) groups is 1. The van der Waals surface area contributed by atoms with Crippen molar-refractivity contribution in [3.8, 4) is 17.2 Å². The van der Waals surface area contributed by atoms with Crippen LogP contribution in [0.25, 0.3) is 11.5 Å². The first kappa shape index (κ1) is 24.6. The Kier molecular flexibility index (Phi) is 6.56. The minimum atomic E-state index is -0.842. The van der Waals surface area contributed by atoms with Gasteiger partial charge in [-0.2, -0.15) is 0 Å². The van der Waals surface area contributed by atoms with Crippen LogP contribution in [0.2, 0.25) is 0 Å². The number of nitrogens with zero attached hydrogens (tertiary/aromatic N) is 4. The number of amides is 3. The van der Waals surface area contributed by atoms with Crippen LogP contribution in [0, 0.1) is 25.5 Å². The summed E-state index contributed by atoms with van der Waals surface area (Å²) in [6.45, 7) is 3.70. The molecular formula is C25H21F2N7O4. The molecule has 0 fully saturated rings. The van der Waals surface area contributed by atoms with Crippen LogP contribution in [0.5, 0.6) is 5.75 Å². The maximum absolute atomic E-state index is 14.9. The van der Waals surface area contributed by atoms with Crippen LogP contribution < -0.4 is 20.8 Å². The van der Waals surface area contributed by atoms with Crippen LogP contribution in [-0.4, -0.2) is 39.4 Å². The molecule has 2 aromatic heterocycles. The number of carbonyl (C=O) groups is 2. The summed E-state index contributed by atoms with van der Waals surface area (Å²) in [6.07, 6.45) is 1.63. The van der Waals surface area contributed by atoms with Crippen molar-refractivity contribution >= 4 is 23.5 Å². The summed E-state index contributed by atoms with van der Waals surface area (Å²) < 4.78 is 40.9. The van der Waals surface area contributed by atoms with Gasteiger partial charge < -0.3 is 19.9 Å². The lowest BCUT2D eigenvalue weighted by molar-refractivity contribution is -0.119. The standard InChI is InChI=1S/C25H21F2N7O4/c1-13-18(23-33-32-14(2)37-23)11-34-22(13)24(28-12-29-34)38-20-8-7-17(10-19(20)27)30-25(36)31-21(35)9-15-3-5-16(26)6-4-15/h3-8,10-11,29H,9,12H2,1-2H3,(H2,30,31,35,36). The largest absolute Gasteiger partial charge is 0.434 e. The van der Waals surface area contributed by atoms with Gasteiger partial charge in [0.05, 0.1) is 12.0 Å². The number of aromatic nitrogens is 3. The quantitative estimate of drug-likeness (QED) is 0.365. The highest BCUT2D eigenvalue weighted by atomic mass is 19.1. The smallest absolute Gasteiger partial charge is 0.325 e. The van der Waals surface area contributed by atoms with E-state index in [2.05, 4.69) is 31.2 Å². The number of benzene rings is 2. The maximum Gasteiger partial charge on any atom is 0.325 e. The van der Waals surface area contributed by atoms with E-state index in [0.717, 1.165) is 11.6 Å². The number of fused-ring (bicyclic) bond motifs is 1. The minimum absolute atomic E-state index is 0.0998. The molecule has 0 saturated carbocycles. The summed E-state index contributed by atoms with van der Waals surface area (Å²) >= 11 is 0. The summed E-state index contributed by atoms with van der Waals surface area (Å²) in [7, 11) is 0. The van der Waals surface area contributed by atoms with Gasteiger partial charge in [0.25, 0.3) is 0 Å². The number of hydrogen-bond donors (Lipinski definition) is 3. The fourth-order valence-corrected chi connectivity index (χ4v) is 3.83. The second kappa shape index (κ2) is 10.1. The number of imide groups is 1. The topological polar surface area (TPSA) is 136 Å². The zero-order chi connectivity index (χ0) is 26.8. The van der Waals surface area contributed by atoms with Crippen molar-refractivity contribution in [2.24, 2.45) is 4.99 Å². The predicted molar refractivity (Wildman–Crippen MR) is 132 cm³/mol. The van der Waals surface area contributed by atoms with Crippen molar-refractivity contribution in [1.29, 1.82) is 0 Å². The molecule has 2 aromatic carbocycles. The summed E-state index contributed by atoms with van der Waals surface area (Å²) in [5.74, 6) is -0.987. The Morgan fingerprint density at radius 2 is 1.92 bits per heavy atom. The summed E-state index contributed by atoms with van der Waals surface area (Å²) in [4.78, 5) is 28.6. The average molecular weight is 521 g/mol. The second-order valence-electron chi connectivity index (χ2n) is 8.34. The first-order valence-electron chi connectivity index (χ1n) is 11.4. The lowest BCUT2D eigenvalue weighted by atomic mass is 10.1. The Balaban J connectivity index is 1.24. The van der Waals surface area contributed by atoms with Crippen LogP contribution in [0.3, 0.4) is 0 Å². The fourth-order valence-electron chi connectivity index (χ4n) is 3.83. The van der Waals surface area contributed by atoms with Gasteiger partial charge in [0, 0.05) is 24.9 Å². The molecule has 3 heterocycles. The number of halogens is 2. The fraction of sp³-hybridized carbons (Fsp3) is 0.160. The van der Waals surface area contributed by atoms with Gasteiger partial charge in [-0.25, -0.2) is 18.6 Å². The number of aryl methyl sites for hydroxylation is 1. The number of nitrogens with one attached hydrogen (secondary N) is 3. The Morgan fingerprint density at radius 1 is 1.13 bits per heavy atom. The van der Waals surface area contributed by atoms with Gasteiger partial charge in [-0.05, 0) is 42.3 Å². The second-order valence-corrected chi connectivity index (χ2v) is 8.34. The van der Waals surface area contributed by atoms with E-state index in [1.807, 2.05) is 6.92 Å². The number of rotatable bonds is 5. The van der Waals surface area contributed by atoms with Crippen molar-refractivity contribution in [1.82, 2.24) is 20.2 Å². The Hall–Kier alpha value is -5.07. The van der Waals surface area contributed by atoms with Crippen LogP contribution in [0.1, 0.15) is 22.7 Å². The van der Waals surface area contributed by atoms with Gasteiger partial charge in [-0.15, -0.1) is 10.2 Å². The molecule has 0 unspecified atom stereocenters. The molecule has 194 valence electrons. The molecule has 1 aliphatic rings. The van der Waals surface area contributed by atoms with Gasteiger partial charge in [-0.1, -0.05) is 12.1 Å². The number of hydrogen-bond acceptors (Lipinski definition) is 8. The van der Waals surface area contributed by atoms with E-state index in [4.69, 9.17) is 9.15 Å². The highest BCUT2D eigenvalue weighted by Gasteiger charge is 2.26. The van der Waals surface area contributed by atoms with Crippen LogP contribution in [-0.2, 0) is 11.2 Å². The van der Waals surface area contributed by atoms with E-state index in [-0.39, 0.29) is 30.4 Å². The number of ether oxygens (including phenoxy) is 1. The molecule has 3 N–H and O–H groups in total. The molecule has 0 aliphatic carbocycles. The van der Waals surface area contributed by atoms with Crippen molar-refractivity contribution in [2.45, 2.75) is 20.3 Å². The Bertz CT molecular complexity index is 1560. The molecule has 38 heavy (non-hydrogen) atoms. The molecule has 5 rings (SSSR count). The van der Waals surface area contributed by atoms with Crippen molar-refractivity contribution in [3.05, 3.63) is 83.0 Å². The molecule has 11 nitrogen and oxygen atoms in total. The molecule has 0 radical (unpaired) electrons. The van der Waals surface area contributed by atoms with E-state index in [9.17, 15) is 18.4 Å². The third-order valence-corrected chi connectivity index (χ3v) is 5.61. The zero-order valence-corrected chi connectivity index (χ0v) is 20.2. The van der Waals surface area contributed by atoms with Crippen LogP contribution in [0.4, 0.5) is 19.3 Å². The lowest BCUT2D eigenvalue weighted by Crippen LogP contribution is -2.35. The molecule has 4 aromatic rings. The SMILES string of the molecule is Cc1nnc(-c2cn3c(c2C)C(Oc2ccc(NC(=O)NC(=O)Cc4ccc(F)cc4)cc2F)=NCN3)o1. The molecule has 0 saturated heterocycles. The first-order chi connectivity index (χ1) is 18.3. The first-order valence-corrected chi connectivity index (χ1v) is 11.4. The molecule has 0 atom stereocenters. The number of urea groups is 1. The Labute approximate surface area is 214 Å². The molecule has 3 amide bonds. The monoisotopic (exact) mass is 521 g/mol. The van der Waals surface area contributed by atoms with Crippen molar-refractivity contribution < 1.29 is 27.5 Å². The molecule has 0 bridgehead atoms. The third kappa shape index (κ3) is 5.21. The summed E-state index contributed by atoms with van der Waals surface area (Å²) in [6, 6.07) is 8.29. The number of carbonyl (C=O) groups excluding carboxylic acids is 2. The van der Waals surface area contributed by atoms with Gasteiger partial charge in [-0.3, -0.25) is 14.8 Å². The third-order valence-electron chi connectivity index (χ3n) is 5.61. The lowest BCUT2D eigenvalue weighted by Gasteiger charge is -2.19. The van der Waals surface area contributed by atoms with E-state index < -0.39 is 23.6 Å². The number of anilines is 1. The maximum atomic E-state index is 14.9. The zero-order valence-electron chi connectivity index (χ0n) is 20.2. The Morgan fingerprint density at radius 3 is 2.63 bits per heavy atom. The van der Waals surface area contributed by atoms with Gasteiger partial charge in [0.1, 0.15) is 18.2 Å². The summed E-state index contributed by atoms with van der Waals surface area (Å²) in [5, 5.41) is 12.4. The van der Waals surface area contributed by atoms with Crippen LogP contribution >= 0.6 is 0 Å².